The molecule has 4 rings (SSSR count). The van der Waals surface area contributed by atoms with Gasteiger partial charge in [0.25, 0.3) is 5.91 Å². The highest BCUT2D eigenvalue weighted by molar-refractivity contribution is 14.1. The van der Waals surface area contributed by atoms with Crippen molar-refractivity contribution in [3.05, 3.63) is 62.6 Å². The predicted molar refractivity (Wildman–Crippen MR) is 116 cm³/mol. The summed E-state index contributed by atoms with van der Waals surface area (Å²) >= 11 is 2.20. The molecule has 6 heteroatoms. The SMILES string of the molecule is CN(C)Cc1ccc2c(c1)CCN(C(=O)c1cc3cc(I)ncc3n1C)C2. The fourth-order valence-corrected chi connectivity index (χ4v) is 4.29. The van der Waals surface area contributed by atoms with Crippen molar-refractivity contribution in [1.82, 2.24) is 19.4 Å². The summed E-state index contributed by atoms with van der Waals surface area (Å²) in [5.41, 5.74) is 5.67. The third kappa shape index (κ3) is 3.60. The Labute approximate surface area is 173 Å². The molecule has 0 fully saturated rings. The third-order valence-electron chi connectivity index (χ3n) is 5.18. The number of carbonyl (C=O) groups is 1. The molecule has 3 heterocycles. The van der Waals surface area contributed by atoms with Crippen molar-refractivity contribution in [1.29, 1.82) is 0 Å². The first-order valence-corrected chi connectivity index (χ1v) is 10.2. The van der Waals surface area contributed by atoms with Crippen LogP contribution in [0.1, 0.15) is 27.2 Å². The van der Waals surface area contributed by atoms with Crippen molar-refractivity contribution >= 4 is 39.4 Å². The normalized spacial score (nSPS) is 14.0. The molecular weight excluding hydrogens is 451 g/mol. The van der Waals surface area contributed by atoms with Gasteiger partial charge in [-0.2, -0.15) is 0 Å². The minimum Gasteiger partial charge on any atom is -0.338 e. The van der Waals surface area contributed by atoms with Crippen LogP contribution in [0.25, 0.3) is 10.9 Å². The van der Waals surface area contributed by atoms with Crippen LogP contribution in [0.3, 0.4) is 0 Å². The molecule has 0 radical (unpaired) electrons. The summed E-state index contributed by atoms with van der Waals surface area (Å²) in [5.74, 6) is 0.0896. The molecule has 1 aliphatic heterocycles. The first-order chi connectivity index (χ1) is 12.9. The molecule has 0 N–H and O–H groups in total. The van der Waals surface area contributed by atoms with Crippen LogP contribution >= 0.6 is 22.6 Å². The maximum Gasteiger partial charge on any atom is 0.270 e. The Morgan fingerprint density at radius 1 is 1.22 bits per heavy atom. The summed E-state index contributed by atoms with van der Waals surface area (Å²) in [7, 11) is 6.11. The quantitative estimate of drug-likeness (QED) is 0.432. The Morgan fingerprint density at radius 3 is 2.81 bits per heavy atom. The summed E-state index contributed by atoms with van der Waals surface area (Å²) in [6.07, 6.45) is 2.75. The van der Waals surface area contributed by atoms with E-state index in [0.29, 0.717) is 6.54 Å². The monoisotopic (exact) mass is 474 g/mol. The van der Waals surface area contributed by atoms with E-state index in [9.17, 15) is 4.79 Å². The van der Waals surface area contributed by atoms with Crippen molar-refractivity contribution in [3.63, 3.8) is 0 Å². The molecule has 0 bridgehead atoms. The Balaban J connectivity index is 1.59. The van der Waals surface area contributed by atoms with Gasteiger partial charge in [-0.1, -0.05) is 18.2 Å². The third-order valence-corrected chi connectivity index (χ3v) is 5.77. The van der Waals surface area contributed by atoms with Crippen LogP contribution in [-0.4, -0.2) is 45.9 Å². The molecule has 27 heavy (non-hydrogen) atoms. The number of fused-ring (bicyclic) bond motifs is 2. The lowest BCUT2D eigenvalue weighted by Gasteiger charge is -2.29. The lowest BCUT2D eigenvalue weighted by molar-refractivity contribution is 0.0725. The Morgan fingerprint density at radius 2 is 2.04 bits per heavy atom. The van der Waals surface area contributed by atoms with Crippen molar-refractivity contribution in [2.75, 3.05) is 20.6 Å². The van der Waals surface area contributed by atoms with Crippen molar-refractivity contribution < 1.29 is 4.79 Å². The molecule has 3 aromatic rings. The zero-order valence-corrected chi connectivity index (χ0v) is 18.0. The molecule has 5 nitrogen and oxygen atoms in total. The second-order valence-corrected chi connectivity index (χ2v) is 8.58. The van der Waals surface area contributed by atoms with Crippen LogP contribution in [0.2, 0.25) is 0 Å². The van der Waals surface area contributed by atoms with E-state index < -0.39 is 0 Å². The van der Waals surface area contributed by atoms with E-state index in [2.05, 4.69) is 64.8 Å². The van der Waals surface area contributed by atoms with E-state index in [-0.39, 0.29) is 5.91 Å². The minimum atomic E-state index is 0.0896. The van der Waals surface area contributed by atoms with E-state index in [0.717, 1.165) is 39.8 Å². The minimum absolute atomic E-state index is 0.0896. The zero-order chi connectivity index (χ0) is 19.1. The fraction of sp³-hybridized carbons (Fsp3) is 0.333. The van der Waals surface area contributed by atoms with E-state index in [1.54, 1.807) is 0 Å². The van der Waals surface area contributed by atoms with Gasteiger partial charge in [-0.25, -0.2) is 4.98 Å². The molecule has 0 unspecified atom stereocenters. The summed E-state index contributed by atoms with van der Waals surface area (Å²) in [4.78, 5) is 21.7. The first-order valence-electron chi connectivity index (χ1n) is 9.08. The number of rotatable bonds is 3. The van der Waals surface area contributed by atoms with E-state index in [4.69, 9.17) is 0 Å². The number of carbonyl (C=O) groups excluding carboxylic acids is 1. The molecule has 140 valence electrons. The van der Waals surface area contributed by atoms with Gasteiger partial charge in [0.05, 0.1) is 11.7 Å². The van der Waals surface area contributed by atoms with Crippen LogP contribution in [-0.2, 0) is 26.6 Å². The number of pyridine rings is 1. The Bertz CT molecular complexity index is 1020. The van der Waals surface area contributed by atoms with Gasteiger partial charge in [-0.15, -0.1) is 0 Å². The van der Waals surface area contributed by atoms with Crippen LogP contribution in [0.15, 0.2) is 36.5 Å². The van der Waals surface area contributed by atoms with Crippen molar-refractivity contribution in [3.8, 4) is 0 Å². The lowest BCUT2D eigenvalue weighted by Crippen LogP contribution is -2.36. The number of aryl methyl sites for hydroxylation is 1. The van der Waals surface area contributed by atoms with Gasteiger partial charge in [0, 0.05) is 32.1 Å². The van der Waals surface area contributed by atoms with Crippen molar-refractivity contribution in [2.24, 2.45) is 7.05 Å². The standard InChI is InChI=1S/C21H23IN4O/c1-24(2)12-14-4-5-16-13-26(7-6-15(16)8-14)21(27)18-9-17-10-20(22)23-11-19(17)25(18)3/h4-5,8-11H,6-7,12-13H2,1-3H3. The van der Waals surface area contributed by atoms with Gasteiger partial charge >= 0.3 is 0 Å². The molecule has 1 amide bonds. The maximum absolute atomic E-state index is 13.2. The first kappa shape index (κ1) is 18.4. The molecule has 1 aliphatic rings. The smallest absolute Gasteiger partial charge is 0.270 e. The lowest BCUT2D eigenvalue weighted by atomic mass is 9.97. The number of halogens is 1. The van der Waals surface area contributed by atoms with Gasteiger partial charge in [0.1, 0.15) is 9.39 Å². The van der Waals surface area contributed by atoms with Gasteiger partial charge < -0.3 is 14.4 Å². The van der Waals surface area contributed by atoms with E-state index in [1.165, 1.54) is 16.7 Å². The van der Waals surface area contributed by atoms with Crippen molar-refractivity contribution in [2.45, 2.75) is 19.5 Å². The molecular formula is C21H23IN4O. The number of hydrogen-bond donors (Lipinski definition) is 0. The van der Waals surface area contributed by atoms with Crippen LogP contribution in [0.4, 0.5) is 0 Å². The molecule has 1 aromatic carbocycles. The van der Waals surface area contributed by atoms with Gasteiger partial charge in [0.15, 0.2) is 0 Å². The molecule has 0 saturated carbocycles. The van der Waals surface area contributed by atoms with E-state index >= 15 is 0 Å². The molecule has 0 spiro atoms. The van der Waals surface area contributed by atoms with Gasteiger partial charge in [-0.05, 0) is 71.9 Å². The predicted octanol–water partition coefficient (Wildman–Crippen LogP) is 3.44. The van der Waals surface area contributed by atoms with Gasteiger partial charge in [0.2, 0.25) is 0 Å². The summed E-state index contributed by atoms with van der Waals surface area (Å²) in [5, 5.41) is 1.06. The molecule has 2 aromatic heterocycles. The highest BCUT2D eigenvalue weighted by Crippen LogP contribution is 2.25. The van der Waals surface area contributed by atoms with Crippen LogP contribution < -0.4 is 0 Å². The summed E-state index contributed by atoms with van der Waals surface area (Å²) in [6.45, 7) is 2.38. The number of benzene rings is 1. The summed E-state index contributed by atoms with van der Waals surface area (Å²) < 4.78 is 2.89. The molecule has 0 saturated heterocycles. The Hall–Kier alpha value is -1.93. The number of aromatic nitrogens is 2. The topological polar surface area (TPSA) is 41.4 Å². The van der Waals surface area contributed by atoms with E-state index in [1.807, 2.05) is 34.8 Å². The molecule has 0 atom stereocenters. The summed E-state index contributed by atoms with van der Waals surface area (Å²) in [6, 6.07) is 10.7. The van der Waals surface area contributed by atoms with Crippen LogP contribution in [0.5, 0.6) is 0 Å². The average molecular weight is 474 g/mol. The number of amides is 1. The number of hydrogen-bond acceptors (Lipinski definition) is 3. The van der Waals surface area contributed by atoms with Crippen LogP contribution in [0, 0.1) is 3.70 Å². The zero-order valence-electron chi connectivity index (χ0n) is 15.9. The molecule has 0 aliphatic carbocycles. The second-order valence-electron chi connectivity index (χ2n) is 7.47. The highest BCUT2D eigenvalue weighted by atomic mass is 127. The second kappa shape index (κ2) is 7.24. The highest BCUT2D eigenvalue weighted by Gasteiger charge is 2.24. The maximum atomic E-state index is 13.2. The number of nitrogens with zero attached hydrogens (tertiary/aromatic N) is 4. The fourth-order valence-electron chi connectivity index (χ4n) is 3.82. The average Bonchev–Trinajstić information content (AvgIpc) is 2.96. The van der Waals surface area contributed by atoms with Gasteiger partial charge in [-0.3, -0.25) is 4.79 Å². The largest absolute Gasteiger partial charge is 0.338 e. The Kier molecular flexibility index (Phi) is 4.94.